The van der Waals surface area contributed by atoms with Crippen LogP contribution in [0, 0.1) is 0 Å². The maximum Gasteiger partial charge on any atom is 0.182 e. The third-order valence-corrected chi connectivity index (χ3v) is 13.0. The Kier molecular flexibility index (Phi) is 7.27. The molecule has 6 aromatic heterocycles. The van der Waals surface area contributed by atoms with Gasteiger partial charge in [-0.25, -0.2) is 9.97 Å². The zero-order chi connectivity index (χ0) is 41.9. The third kappa shape index (κ3) is 4.94. The average Bonchev–Trinajstić information content (AvgIpc) is 4.09. The van der Waals surface area contributed by atoms with Crippen molar-refractivity contribution in [1.82, 2.24) is 33.2 Å². The fourth-order valence-corrected chi connectivity index (χ4v) is 10.4. The molecule has 0 N–H and O–H groups in total. The van der Waals surface area contributed by atoms with Gasteiger partial charge in [0.15, 0.2) is 5.82 Å². The molecule has 0 aliphatic rings. The van der Waals surface area contributed by atoms with Crippen LogP contribution in [0.15, 0.2) is 212 Å². The van der Waals surface area contributed by atoms with E-state index in [-0.39, 0.29) is 0 Å². The monoisotopic (exact) mass is 817 g/mol. The lowest BCUT2D eigenvalue weighted by Crippen LogP contribution is -2.06. The van der Waals surface area contributed by atoms with E-state index in [0.717, 1.165) is 66.6 Å². The molecule has 14 rings (SSSR count). The van der Waals surface area contributed by atoms with Crippen molar-refractivity contribution >= 4 is 87.2 Å². The summed E-state index contributed by atoms with van der Waals surface area (Å²) in [7, 11) is 0. The summed E-state index contributed by atoms with van der Waals surface area (Å²) in [6.07, 6.45) is 1.80. The summed E-state index contributed by atoms with van der Waals surface area (Å²) in [5.41, 5.74) is 11.9. The summed E-state index contributed by atoms with van der Waals surface area (Å²) in [6.45, 7) is 0. The van der Waals surface area contributed by atoms with Gasteiger partial charge in [-0.15, -0.1) is 0 Å². The topological polar surface area (TPSA) is 58.4 Å². The molecule has 0 spiro atoms. The Morgan fingerprint density at radius 3 is 0.969 bits per heavy atom. The minimum Gasteiger partial charge on any atom is -0.309 e. The Morgan fingerprint density at radius 1 is 0.266 bits per heavy atom. The van der Waals surface area contributed by atoms with Crippen molar-refractivity contribution in [3.63, 3.8) is 0 Å². The van der Waals surface area contributed by atoms with Gasteiger partial charge in [-0.2, -0.15) is 0 Å². The van der Waals surface area contributed by atoms with Crippen LogP contribution in [0.25, 0.3) is 122 Å². The second kappa shape index (κ2) is 13.3. The second-order valence-electron chi connectivity index (χ2n) is 16.5. The first-order valence-electron chi connectivity index (χ1n) is 21.6. The van der Waals surface area contributed by atoms with Crippen LogP contribution in [0.1, 0.15) is 0 Å². The number of hydrogen-bond donors (Lipinski definition) is 0. The minimum absolute atomic E-state index is 0.550. The highest BCUT2D eigenvalue weighted by Gasteiger charge is 2.22. The highest BCUT2D eigenvalue weighted by Crippen LogP contribution is 2.40. The SMILES string of the molecule is c1ccc(-c2nc(-n3c4ccccc4c4cc(-n5c6ccccc6c6ccccc65)ccc43)cc(-n3c4ccccc4c4cc(-n5c6ccccc6c6ccccc65)ccc43)n2)nc1. The molecule has 6 heterocycles. The highest BCUT2D eigenvalue weighted by molar-refractivity contribution is 6.14. The molecular formula is C57H35N7. The van der Waals surface area contributed by atoms with Gasteiger partial charge in [-0.1, -0.05) is 115 Å². The molecule has 14 aromatic rings. The van der Waals surface area contributed by atoms with Crippen molar-refractivity contribution in [3.05, 3.63) is 212 Å². The minimum atomic E-state index is 0.550. The molecule has 0 aliphatic carbocycles. The van der Waals surface area contributed by atoms with Crippen LogP contribution in [0.4, 0.5) is 0 Å². The number of pyridine rings is 1. The van der Waals surface area contributed by atoms with E-state index in [1.165, 1.54) is 43.6 Å². The molecule has 0 unspecified atom stereocenters. The average molecular weight is 818 g/mol. The Bertz CT molecular complexity index is 3850. The molecule has 8 aromatic carbocycles. The van der Waals surface area contributed by atoms with E-state index < -0.39 is 0 Å². The van der Waals surface area contributed by atoms with Crippen LogP contribution in [-0.2, 0) is 0 Å². The van der Waals surface area contributed by atoms with Gasteiger partial charge in [0.2, 0.25) is 0 Å². The summed E-state index contributed by atoms with van der Waals surface area (Å²) >= 11 is 0. The van der Waals surface area contributed by atoms with E-state index in [0.29, 0.717) is 11.5 Å². The zero-order valence-electron chi connectivity index (χ0n) is 34.3. The van der Waals surface area contributed by atoms with Crippen molar-refractivity contribution in [2.45, 2.75) is 0 Å². The first-order chi connectivity index (χ1) is 31.8. The van der Waals surface area contributed by atoms with E-state index in [1.807, 2.05) is 18.2 Å². The Labute approximate surface area is 366 Å². The summed E-state index contributed by atoms with van der Waals surface area (Å²) in [4.78, 5) is 15.5. The summed E-state index contributed by atoms with van der Waals surface area (Å²) in [5, 5.41) is 9.54. The Morgan fingerprint density at radius 2 is 0.594 bits per heavy atom. The molecule has 64 heavy (non-hydrogen) atoms. The molecule has 7 nitrogen and oxygen atoms in total. The van der Waals surface area contributed by atoms with Crippen LogP contribution in [-0.4, -0.2) is 33.2 Å². The smallest absolute Gasteiger partial charge is 0.182 e. The van der Waals surface area contributed by atoms with E-state index in [4.69, 9.17) is 15.0 Å². The number of benzene rings is 8. The largest absolute Gasteiger partial charge is 0.309 e. The molecule has 0 fully saturated rings. The highest BCUT2D eigenvalue weighted by atomic mass is 15.2. The normalized spacial score (nSPS) is 12.1. The molecular weight excluding hydrogens is 783 g/mol. The fourth-order valence-electron chi connectivity index (χ4n) is 10.4. The second-order valence-corrected chi connectivity index (χ2v) is 16.5. The summed E-state index contributed by atoms with van der Waals surface area (Å²) in [5.74, 6) is 2.07. The summed E-state index contributed by atoms with van der Waals surface area (Å²) in [6, 6.07) is 73.6. The van der Waals surface area contributed by atoms with Crippen molar-refractivity contribution in [2.75, 3.05) is 0 Å². The van der Waals surface area contributed by atoms with E-state index in [2.05, 4.69) is 206 Å². The van der Waals surface area contributed by atoms with Gasteiger partial charge in [-0.3, -0.25) is 14.1 Å². The van der Waals surface area contributed by atoms with Crippen molar-refractivity contribution in [3.8, 4) is 34.5 Å². The standard InChI is InChI=1S/C57H35N7/c1-7-22-47-38(15-1)39-16-2-8-23-48(39)61(47)36-28-30-53-44(33-36)42-19-5-11-26-51(42)63(53)55-35-56(60-57(59-55)46-21-13-14-32-58-46)64-52-27-12-6-20-43(52)45-34-37(29-31-54(45)64)62-49-24-9-3-17-40(49)41-18-4-10-25-50(41)62/h1-35H. The first kappa shape index (κ1) is 34.9. The molecule has 0 saturated carbocycles. The molecule has 0 saturated heterocycles. The molecule has 0 aliphatic heterocycles. The Balaban J connectivity index is 1.01. The fraction of sp³-hybridized carbons (Fsp3) is 0. The van der Waals surface area contributed by atoms with Gasteiger partial charge in [0, 0.05) is 66.7 Å². The lowest BCUT2D eigenvalue weighted by atomic mass is 10.1. The lowest BCUT2D eigenvalue weighted by Gasteiger charge is -2.14. The maximum atomic E-state index is 5.34. The van der Waals surface area contributed by atoms with Gasteiger partial charge in [-0.05, 0) is 84.9 Å². The predicted octanol–water partition coefficient (Wildman–Crippen LogP) is 13.9. The Hall–Kier alpha value is -8.81. The van der Waals surface area contributed by atoms with Gasteiger partial charge >= 0.3 is 0 Å². The number of nitrogens with zero attached hydrogens (tertiary/aromatic N) is 7. The predicted molar refractivity (Wildman–Crippen MR) is 263 cm³/mol. The van der Waals surface area contributed by atoms with Crippen LogP contribution in [0.2, 0.25) is 0 Å². The van der Waals surface area contributed by atoms with Gasteiger partial charge < -0.3 is 9.13 Å². The van der Waals surface area contributed by atoms with Crippen LogP contribution < -0.4 is 0 Å². The van der Waals surface area contributed by atoms with Crippen molar-refractivity contribution in [2.24, 2.45) is 0 Å². The van der Waals surface area contributed by atoms with E-state index in [1.54, 1.807) is 6.20 Å². The molecule has 0 atom stereocenters. The molecule has 7 heteroatoms. The van der Waals surface area contributed by atoms with E-state index in [9.17, 15) is 0 Å². The molecule has 0 bridgehead atoms. The van der Waals surface area contributed by atoms with Crippen molar-refractivity contribution in [1.29, 1.82) is 0 Å². The number of aromatic nitrogens is 7. The van der Waals surface area contributed by atoms with Crippen LogP contribution in [0.5, 0.6) is 0 Å². The third-order valence-electron chi connectivity index (χ3n) is 13.0. The number of fused-ring (bicyclic) bond motifs is 12. The quantitative estimate of drug-likeness (QED) is 0.174. The van der Waals surface area contributed by atoms with Crippen LogP contribution in [0.3, 0.4) is 0 Å². The first-order valence-corrected chi connectivity index (χ1v) is 21.6. The van der Waals surface area contributed by atoms with E-state index >= 15 is 0 Å². The van der Waals surface area contributed by atoms with Gasteiger partial charge in [0.1, 0.15) is 17.3 Å². The molecule has 298 valence electrons. The van der Waals surface area contributed by atoms with Gasteiger partial charge in [0.05, 0.1) is 44.1 Å². The number of rotatable bonds is 5. The van der Waals surface area contributed by atoms with Crippen molar-refractivity contribution < 1.29 is 0 Å². The zero-order valence-corrected chi connectivity index (χ0v) is 34.3. The number of hydrogen-bond acceptors (Lipinski definition) is 3. The van der Waals surface area contributed by atoms with Gasteiger partial charge in [0.25, 0.3) is 0 Å². The summed E-state index contributed by atoms with van der Waals surface area (Å²) < 4.78 is 9.33. The maximum absolute atomic E-state index is 5.34. The number of para-hydroxylation sites is 6. The molecule has 0 radical (unpaired) electrons. The van der Waals surface area contributed by atoms with Crippen LogP contribution >= 0.6 is 0 Å². The lowest BCUT2D eigenvalue weighted by molar-refractivity contribution is 0.986. The molecule has 0 amide bonds.